The number of nitrogens with zero attached hydrogens (tertiary/aromatic N) is 2. The molecule has 1 aromatic carbocycles. The van der Waals surface area contributed by atoms with Crippen LogP contribution in [-0.2, 0) is 11.3 Å². The number of amides is 1. The van der Waals surface area contributed by atoms with Crippen molar-refractivity contribution in [3.63, 3.8) is 0 Å². The van der Waals surface area contributed by atoms with Crippen molar-refractivity contribution in [3.8, 4) is 5.75 Å². The number of rotatable bonds is 5. The van der Waals surface area contributed by atoms with Crippen LogP contribution in [0.5, 0.6) is 5.75 Å². The molecule has 0 radical (unpaired) electrons. The summed E-state index contributed by atoms with van der Waals surface area (Å²) in [5.74, 6) is 1.50. The number of hydrogen-bond acceptors (Lipinski definition) is 4. The van der Waals surface area contributed by atoms with E-state index in [0.29, 0.717) is 19.1 Å². The summed E-state index contributed by atoms with van der Waals surface area (Å²) < 4.78 is 5.72. The van der Waals surface area contributed by atoms with E-state index in [0.717, 1.165) is 17.7 Å². The second kappa shape index (κ2) is 8.71. The molecular weight excluding hydrogens is 348 g/mol. The van der Waals surface area contributed by atoms with Gasteiger partial charge < -0.3 is 20.3 Å². The predicted molar refractivity (Wildman–Crippen MR) is 105 cm³/mol. The van der Waals surface area contributed by atoms with Gasteiger partial charge in [0.25, 0.3) is 0 Å². The third-order valence-electron chi connectivity index (χ3n) is 4.15. The number of guanidine groups is 1. The SMILES string of the molecule is CN(C)C(=O)CN=C(NCc1cccs1)NC1CCOc2ccccc21. The number of ether oxygens (including phenoxy) is 1. The molecule has 1 aliphatic heterocycles. The quantitative estimate of drug-likeness (QED) is 0.625. The van der Waals surface area contributed by atoms with Crippen molar-refractivity contribution < 1.29 is 9.53 Å². The van der Waals surface area contributed by atoms with Crippen LogP contribution in [0, 0.1) is 0 Å². The van der Waals surface area contributed by atoms with Crippen LogP contribution in [0.15, 0.2) is 46.8 Å². The van der Waals surface area contributed by atoms with E-state index >= 15 is 0 Å². The summed E-state index contributed by atoms with van der Waals surface area (Å²) in [7, 11) is 3.47. The van der Waals surface area contributed by atoms with Crippen molar-refractivity contribution in [2.24, 2.45) is 4.99 Å². The van der Waals surface area contributed by atoms with Crippen molar-refractivity contribution >= 4 is 23.2 Å². The van der Waals surface area contributed by atoms with E-state index < -0.39 is 0 Å². The molecule has 6 nitrogen and oxygen atoms in total. The van der Waals surface area contributed by atoms with Crippen molar-refractivity contribution in [3.05, 3.63) is 52.2 Å². The first-order chi connectivity index (χ1) is 12.6. The van der Waals surface area contributed by atoms with E-state index in [1.807, 2.05) is 29.6 Å². The molecule has 0 saturated carbocycles. The normalized spacial score (nSPS) is 16.4. The average Bonchev–Trinajstić information content (AvgIpc) is 3.17. The van der Waals surface area contributed by atoms with Crippen molar-refractivity contribution in [1.82, 2.24) is 15.5 Å². The summed E-state index contributed by atoms with van der Waals surface area (Å²) >= 11 is 1.69. The number of aliphatic imine (C=N–C) groups is 1. The second-order valence-corrected chi connectivity index (χ2v) is 7.29. The maximum atomic E-state index is 11.9. The number of carbonyl (C=O) groups is 1. The Labute approximate surface area is 157 Å². The summed E-state index contributed by atoms with van der Waals surface area (Å²) in [5.41, 5.74) is 1.11. The molecule has 0 bridgehead atoms. The molecule has 1 atom stereocenters. The molecule has 2 heterocycles. The number of hydrogen-bond donors (Lipinski definition) is 2. The maximum Gasteiger partial charge on any atom is 0.243 e. The molecule has 7 heteroatoms. The summed E-state index contributed by atoms with van der Waals surface area (Å²) in [4.78, 5) is 19.2. The van der Waals surface area contributed by atoms with Crippen molar-refractivity contribution in [2.75, 3.05) is 27.2 Å². The second-order valence-electron chi connectivity index (χ2n) is 6.26. The number of nitrogens with one attached hydrogen (secondary N) is 2. The molecule has 2 N–H and O–H groups in total. The van der Waals surface area contributed by atoms with Gasteiger partial charge >= 0.3 is 0 Å². The summed E-state index contributed by atoms with van der Waals surface area (Å²) in [6.45, 7) is 1.44. The van der Waals surface area contributed by atoms with Crippen molar-refractivity contribution in [1.29, 1.82) is 0 Å². The molecule has 1 unspecified atom stereocenters. The minimum Gasteiger partial charge on any atom is -0.493 e. The highest BCUT2D eigenvalue weighted by Gasteiger charge is 2.22. The zero-order chi connectivity index (χ0) is 18.4. The van der Waals surface area contributed by atoms with Gasteiger partial charge in [0.2, 0.25) is 5.91 Å². The van der Waals surface area contributed by atoms with E-state index in [1.165, 1.54) is 4.88 Å². The lowest BCUT2D eigenvalue weighted by atomic mass is 10.0. The van der Waals surface area contributed by atoms with Gasteiger partial charge in [0.1, 0.15) is 12.3 Å². The van der Waals surface area contributed by atoms with Crippen LogP contribution in [0.2, 0.25) is 0 Å². The molecule has 2 aromatic rings. The van der Waals surface area contributed by atoms with Crippen LogP contribution in [0.4, 0.5) is 0 Å². The molecule has 1 aromatic heterocycles. The van der Waals surface area contributed by atoms with Gasteiger partial charge in [-0.05, 0) is 17.5 Å². The van der Waals surface area contributed by atoms with Gasteiger partial charge in [0.05, 0.1) is 19.2 Å². The van der Waals surface area contributed by atoms with Gasteiger partial charge in [0, 0.05) is 31.0 Å². The van der Waals surface area contributed by atoms with Gasteiger partial charge in [0.15, 0.2) is 5.96 Å². The lowest BCUT2D eigenvalue weighted by Crippen LogP contribution is -2.41. The van der Waals surface area contributed by atoms with Crippen LogP contribution in [0.3, 0.4) is 0 Å². The number of para-hydroxylation sites is 1. The number of fused-ring (bicyclic) bond motifs is 1. The fraction of sp³-hybridized carbons (Fsp3) is 0.368. The topological polar surface area (TPSA) is 66.0 Å². The highest BCUT2D eigenvalue weighted by atomic mass is 32.1. The van der Waals surface area contributed by atoms with Gasteiger partial charge in [-0.2, -0.15) is 0 Å². The molecule has 1 aliphatic rings. The highest BCUT2D eigenvalue weighted by Crippen LogP contribution is 2.31. The summed E-state index contributed by atoms with van der Waals surface area (Å²) in [5, 5.41) is 8.84. The minimum atomic E-state index is -0.0328. The first-order valence-electron chi connectivity index (χ1n) is 8.62. The van der Waals surface area contributed by atoms with E-state index in [1.54, 1.807) is 30.3 Å². The fourth-order valence-corrected chi connectivity index (χ4v) is 3.33. The number of thiophene rings is 1. The molecule has 3 rings (SSSR count). The molecule has 0 saturated heterocycles. The fourth-order valence-electron chi connectivity index (χ4n) is 2.68. The Bertz CT molecular complexity index is 759. The third-order valence-corrected chi connectivity index (χ3v) is 5.03. The zero-order valence-corrected chi connectivity index (χ0v) is 15.9. The van der Waals surface area contributed by atoms with Gasteiger partial charge in [-0.15, -0.1) is 11.3 Å². The summed E-state index contributed by atoms with van der Waals surface area (Å²) in [6, 6.07) is 12.2. The lowest BCUT2D eigenvalue weighted by Gasteiger charge is -2.28. The Morgan fingerprint density at radius 3 is 2.92 bits per heavy atom. The Kier molecular flexibility index (Phi) is 6.12. The van der Waals surface area contributed by atoms with Gasteiger partial charge in [-0.1, -0.05) is 24.3 Å². The predicted octanol–water partition coefficient (Wildman–Crippen LogP) is 2.40. The Morgan fingerprint density at radius 1 is 1.31 bits per heavy atom. The van der Waals surface area contributed by atoms with Gasteiger partial charge in [-0.25, -0.2) is 4.99 Å². The third kappa shape index (κ3) is 4.76. The van der Waals surface area contributed by atoms with Crippen molar-refractivity contribution in [2.45, 2.75) is 19.0 Å². The Morgan fingerprint density at radius 2 is 2.15 bits per heavy atom. The molecule has 1 amide bonds. The van der Waals surface area contributed by atoms with Crippen LogP contribution >= 0.6 is 11.3 Å². The molecule has 0 aliphatic carbocycles. The Hall–Kier alpha value is -2.54. The zero-order valence-electron chi connectivity index (χ0n) is 15.1. The first kappa shape index (κ1) is 18.3. The van der Waals surface area contributed by atoms with Crippen LogP contribution in [-0.4, -0.2) is 44.0 Å². The van der Waals surface area contributed by atoms with E-state index in [4.69, 9.17) is 4.74 Å². The molecule has 138 valence electrons. The van der Waals surface area contributed by atoms with Crippen LogP contribution < -0.4 is 15.4 Å². The molecular formula is C19H24N4O2S. The highest BCUT2D eigenvalue weighted by molar-refractivity contribution is 7.09. The average molecular weight is 372 g/mol. The van der Waals surface area contributed by atoms with E-state index in [2.05, 4.69) is 27.8 Å². The number of benzene rings is 1. The maximum absolute atomic E-state index is 11.9. The Balaban J connectivity index is 1.72. The molecule has 0 fully saturated rings. The number of carbonyl (C=O) groups excluding carboxylic acids is 1. The number of likely N-dealkylation sites (N-methyl/N-ethyl adjacent to an activating group) is 1. The van der Waals surface area contributed by atoms with Crippen LogP contribution in [0.1, 0.15) is 22.9 Å². The van der Waals surface area contributed by atoms with E-state index in [9.17, 15) is 4.79 Å². The largest absolute Gasteiger partial charge is 0.493 e. The molecule has 0 spiro atoms. The molecule has 26 heavy (non-hydrogen) atoms. The lowest BCUT2D eigenvalue weighted by molar-refractivity contribution is -0.127. The standard InChI is InChI=1S/C19H24N4O2S/c1-23(2)18(24)13-21-19(20-12-14-6-5-11-26-14)22-16-9-10-25-17-8-4-3-7-15(16)17/h3-8,11,16H,9-10,12-13H2,1-2H3,(H2,20,21,22). The summed E-state index contributed by atoms with van der Waals surface area (Å²) in [6.07, 6.45) is 0.846. The monoisotopic (exact) mass is 372 g/mol. The first-order valence-corrected chi connectivity index (χ1v) is 9.50. The van der Waals surface area contributed by atoms with E-state index in [-0.39, 0.29) is 18.5 Å². The van der Waals surface area contributed by atoms with Gasteiger partial charge in [-0.3, -0.25) is 4.79 Å². The smallest absolute Gasteiger partial charge is 0.243 e. The minimum absolute atomic E-state index is 0.0328. The van der Waals surface area contributed by atoms with Crippen LogP contribution in [0.25, 0.3) is 0 Å².